The number of amides is 3. The van der Waals surface area contributed by atoms with E-state index in [-0.39, 0.29) is 24.3 Å². The maximum Gasteiger partial charge on any atom is 0.258 e. The Kier molecular flexibility index (Phi) is 7.22. The molecule has 1 aliphatic heterocycles. The van der Waals surface area contributed by atoms with E-state index >= 15 is 0 Å². The maximum absolute atomic E-state index is 12.8. The average Bonchev–Trinajstić information content (AvgIpc) is 3.42. The molecule has 0 aromatic heterocycles. The lowest BCUT2D eigenvalue weighted by atomic mass is 10.1. The van der Waals surface area contributed by atoms with E-state index in [1.54, 1.807) is 48.3 Å². The fourth-order valence-corrected chi connectivity index (χ4v) is 3.94. The number of nitrogens with one attached hydrogen (secondary N) is 2. The molecule has 1 aliphatic rings. The van der Waals surface area contributed by atoms with E-state index in [1.807, 2.05) is 47.4 Å². The van der Waals surface area contributed by atoms with Crippen molar-refractivity contribution >= 4 is 34.8 Å². The van der Waals surface area contributed by atoms with Crippen molar-refractivity contribution in [3.8, 4) is 0 Å². The van der Waals surface area contributed by atoms with Crippen LogP contribution < -0.4 is 15.5 Å². The molecule has 0 radical (unpaired) electrons. The van der Waals surface area contributed by atoms with Gasteiger partial charge in [0, 0.05) is 48.3 Å². The molecule has 4 rings (SSSR count). The first-order valence-corrected chi connectivity index (χ1v) is 11.4. The van der Waals surface area contributed by atoms with E-state index < -0.39 is 0 Å². The molecule has 0 spiro atoms. The second kappa shape index (κ2) is 10.7. The van der Waals surface area contributed by atoms with Crippen molar-refractivity contribution < 1.29 is 14.4 Å². The number of hydrogen-bond acceptors (Lipinski definition) is 4. The van der Waals surface area contributed by atoms with Crippen molar-refractivity contribution in [2.45, 2.75) is 12.8 Å². The summed E-state index contributed by atoms with van der Waals surface area (Å²) in [5.74, 6) is -0.398. The van der Waals surface area contributed by atoms with Crippen molar-refractivity contribution in [2.24, 2.45) is 0 Å². The number of carbonyl (C=O) groups excluding carboxylic acids is 3. The summed E-state index contributed by atoms with van der Waals surface area (Å²) in [7, 11) is 1.72. The van der Waals surface area contributed by atoms with Gasteiger partial charge in [0.25, 0.3) is 11.8 Å². The molecule has 7 heteroatoms. The van der Waals surface area contributed by atoms with Gasteiger partial charge in [0.15, 0.2) is 0 Å². The van der Waals surface area contributed by atoms with Crippen LogP contribution in [0.5, 0.6) is 0 Å². The highest BCUT2D eigenvalue weighted by Gasteiger charge is 2.19. The van der Waals surface area contributed by atoms with Crippen LogP contribution in [0, 0.1) is 0 Å². The molecule has 34 heavy (non-hydrogen) atoms. The van der Waals surface area contributed by atoms with E-state index in [9.17, 15) is 14.4 Å². The lowest BCUT2D eigenvalue weighted by Gasteiger charge is -2.18. The number of nitrogens with zero attached hydrogens (tertiary/aromatic N) is 2. The first-order chi connectivity index (χ1) is 16.5. The third-order valence-corrected chi connectivity index (χ3v) is 5.80. The Hall–Kier alpha value is -4.13. The number of rotatable bonds is 7. The molecular weight excluding hydrogens is 428 g/mol. The molecule has 0 aliphatic carbocycles. The molecule has 0 unspecified atom stereocenters. The summed E-state index contributed by atoms with van der Waals surface area (Å²) in [4.78, 5) is 41.4. The second-order valence-corrected chi connectivity index (χ2v) is 8.26. The average molecular weight is 457 g/mol. The zero-order valence-corrected chi connectivity index (χ0v) is 19.2. The summed E-state index contributed by atoms with van der Waals surface area (Å²) in [6.45, 7) is 1.62. The van der Waals surface area contributed by atoms with Gasteiger partial charge in [0.2, 0.25) is 5.91 Å². The molecule has 0 bridgehead atoms. The van der Waals surface area contributed by atoms with Crippen molar-refractivity contribution in [2.75, 3.05) is 42.2 Å². The molecule has 2 N–H and O–H groups in total. The molecule has 174 valence electrons. The predicted octanol–water partition coefficient (Wildman–Crippen LogP) is 4.25. The van der Waals surface area contributed by atoms with Gasteiger partial charge in [-0.05, 0) is 61.4 Å². The summed E-state index contributed by atoms with van der Waals surface area (Å²) < 4.78 is 0. The van der Waals surface area contributed by atoms with E-state index in [1.165, 1.54) is 0 Å². The van der Waals surface area contributed by atoms with E-state index in [0.29, 0.717) is 22.5 Å². The van der Waals surface area contributed by atoms with Crippen LogP contribution in [-0.2, 0) is 4.79 Å². The third kappa shape index (κ3) is 5.61. The Balaban J connectivity index is 1.34. The van der Waals surface area contributed by atoms with Gasteiger partial charge in [-0.3, -0.25) is 14.4 Å². The molecule has 0 saturated carbocycles. The normalized spacial score (nSPS) is 12.8. The summed E-state index contributed by atoms with van der Waals surface area (Å²) in [5.41, 5.74) is 3.12. The van der Waals surface area contributed by atoms with Gasteiger partial charge in [0.05, 0.1) is 6.54 Å². The van der Waals surface area contributed by atoms with Crippen molar-refractivity contribution in [3.63, 3.8) is 0 Å². The first-order valence-electron chi connectivity index (χ1n) is 11.4. The van der Waals surface area contributed by atoms with Crippen molar-refractivity contribution in [3.05, 3.63) is 90.0 Å². The minimum atomic E-state index is -0.253. The topological polar surface area (TPSA) is 81.8 Å². The monoisotopic (exact) mass is 456 g/mol. The minimum Gasteiger partial charge on any atom is -0.376 e. The number of benzene rings is 3. The largest absolute Gasteiger partial charge is 0.376 e. The summed E-state index contributed by atoms with van der Waals surface area (Å²) >= 11 is 0. The van der Waals surface area contributed by atoms with Crippen LogP contribution in [0.2, 0.25) is 0 Å². The fourth-order valence-electron chi connectivity index (χ4n) is 3.94. The Morgan fingerprint density at radius 2 is 1.47 bits per heavy atom. The molecule has 0 atom stereocenters. The summed E-state index contributed by atoms with van der Waals surface area (Å²) in [5, 5.41) is 5.89. The Morgan fingerprint density at radius 1 is 0.824 bits per heavy atom. The summed E-state index contributed by atoms with van der Waals surface area (Å²) in [6.07, 6.45) is 2.08. The molecule has 1 heterocycles. The maximum atomic E-state index is 12.8. The van der Waals surface area contributed by atoms with Crippen molar-refractivity contribution in [1.82, 2.24) is 4.90 Å². The van der Waals surface area contributed by atoms with Gasteiger partial charge >= 0.3 is 0 Å². The van der Waals surface area contributed by atoms with Crippen LogP contribution in [-0.4, -0.2) is 49.3 Å². The molecule has 3 amide bonds. The highest BCUT2D eigenvalue weighted by atomic mass is 16.2. The fraction of sp³-hybridized carbons (Fsp3) is 0.222. The molecule has 1 saturated heterocycles. The van der Waals surface area contributed by atoms with Gasteiger partial charge in [-0.2, -0.15) is 0 Å². The molecule has 3 aromatic carbocycles. The summed E-state index contributed by atoms with van der Waals surface area (Å²) in [6, 6.07) is 23.4. The molecule has 3 aromatic rings. The second-order valence-electron chi connectivity index (χ2n) is 8.26. The minimum absolute atomic E-state index is 0.0209. The number of carbonyl (C=O) groups is 3. The SMILES string of the molecule is CN(C(=O)c1cccc(NC(=O)CNc2cccc(C(=O)N3CCCC3)c2)c1)c1ccccc1. The van der Waals surface area contributed by atoms with Gasteiger partial charge in [-0.1, -0.05) is 30.3 Å². The lowest BCUT2D eigenvalue weighted by Crippen LogP contribution is -2.27. The van der Waals surface area contributed by atoms with E-state index in [0.717, 1.165) is 31.6 Å². The van der Waals surface area contributed by atoms with Gasteiger partial charge in [-0.15, -0.1) is 0 Å². The van der Waals surface area contributed by atoms with Crippen LogP contribution in [0.1, 0.15) is 33.6 Å². The third-order valence-electron chi connectivity index (χ3n) is 5.80. The highest BCUT2D eigenvalue weighted by Crippen LogP contribution is 2.18. The lowest BCUT2D eigenvalue weighted by molar-refractivity contribution is -0.114. The van der Waals surface area contributed by atoms with Gasteiger partial charge in [-0.25, -0.2) is 0 Å². The van der Waals surface area contributed by atoms with Crippen LogP contribution >= 0.6 is 0 Å². The van der Waals surface area contributed by atoms with E-state index in [4.69, 9.17) is 0 Å². The van der Waals surface area contributed by atoms with Crippen LogP contribution in [0.25, 0.3) is 0 Å². The molecule has 1 fully saturated rings. The number of likely N-dealkylation sites (tertiary alicyclic amines) is 1. The Bertz CT molecular complexity index is 1170. The van der Waals surface area contributed by atoms with Crippen LogP contribution in [0.15, 0.2) is 78.9 Å². The standard InChI is InChI=1S/C27H28N4O3/c1-30(24-13-3-2-4-14-24)26(33)20-9-8-12-23(18-20)29-25(32)19-28-22-11-7-10-21(17-22)27(34)31-15-5-6-16-31/h2-4,7-14,17-18,28H,5-6,15-16,19H2,1H3,(H,29,32). The zero-order chi connectivity index (χ0) is 23.9. The zero-order valence-electron chi connectivity index (χ0n) is 19.2. The van der Waals surface area contributed by atoms with E-state index in [2.05, 4.69) is 10.6 Å². The number of para-hydroxylation sites is 1. The van der Waals surface area contributed by atoms with Gasteiger partial charge < -0.3 is 20.4 Å². The van der Waals surface area contributed by atoms with Gasteiger partial charge in [0.1, 0.15) is 0 Å². The van der Waals surface area contributed by atoms with Crippen molar-refractivity contribution in [1.29, 1.82) is 0 Å². The Morgan fingerprint density at radius 3 is 2.21 bits per heavy atom. The molecule has 7 nitrogen and oxygen atoms in total. The van der Waals surface area contributed by atoms with Crippen LogP contribution in [0.4, 0.5) is 17.1 Å². The van der Waals surface area contributed by atoms with Crippen LogP contribution in [0.3, 0.4) is 0 Å². The first kappa shape index (κ1) is 23.0. The Labute approximate surface area is 199 Å². The smallest absolute Gasteiger partial charge is 0.258 e. The molecular formula is C27H28N4O3. The number of hydrogen-bond donors (Lipinski definition) is 2. The highest BCUT2D eigenvalue weighted by molar-refractivity contribution is 6.06. The number of anilines is 3. The predicted molar refractivity (Wildman–Crippen MR) is 134 cm³/mol. The quantitative estimate of drug-likeness (QED) is 0.557.